The zero-order valence-electron chi connectivity index (χ0n) is 9.96. The van der Waals surface area contributed by atoms with Crippen LogP contribution in [0.1, 0.15) is 20.8 Å². The summed E-state index contributed by atoms with van der Waals surface area (Å²) in [5.41, 5.74) is 1.44. The van der Waals surface area contributed by atoms with Crippen LogP contribution in [0.4, 0.5) is 5.69 Å². The molecule has 1 nitrogen and oxygen atoms in total. The van der Waals surface area contributed by atoms with Crippen LogP contribution in [0, 0.1) is 0 Å². The smallest absolute Gasteiger partial charge is 0.292 e. The van der Waals surface area contributed by atoms with Crippen LogP contribution in [0.25, 0.3) is 0 Å². The van der Waals surface area contributed by atoms with Gasteiger partial charge in [-0.05, 0) is 32.9 Å². The summed E-state index contributed by atoms with van der Waals surface area (Å²) in [6.07, 6.45) is 0. The van der Waals surface area contributed by atoms with Crippen molar-refractivity contribution in [3.8, 4) is 0 Å². The molecule has 0 bridgehead atoms. The summed E-state index contributed by atoms with van der Waals surface area (Å²) in [6.45, 7) is 10.3. The van der Waals surface area contributed by atoms with Crippen molar-refractivity contribution in [2.75, 3.05) is 19.6 Å². The van der Waals surface area contributed by atoms with Gasteiger partial charge in [0, 0.05) is 0 Å². The van der Waals surface area contributed by atoms with Crippen LogP contribution in [0.5, 0.6) is 0 Å². The zero-order chi connectivity index (χ0) is 9.73. The first-order chi connectivity index (χ1) is 6.29. The van der Waals surface area contributed by atoms with Crippen LogP contribution in [-0.4, -0.2) is 19.6 Å². The van der Waals surface area contributed by atoms with Crippen molar-refractivity contribution in [1.82, 2.24) is 4.48 Å². The Bertz CT molecular complexity index is 233. The van der Waals surface area contributed by atoms with E-state index in [4.69, 9.17) is 0 Å². The minimum Gasteiger partial charge on any atom is -0.292 e. The molecule has 0 N–H and O–H groups in total. The number of quaternary nitrogens is 1. The van der Waals surface area contributed by atoms with Crippen LogP contribution in [0.3, 0.4) is 0 Å². The van der Waals surface area contributed by atoms with E-state index in [1.807, 2.05) is 0 Å². The van der Waals surface area contributed by atoms with Crippen LogP contribution in [-0.2, 0) is 0 Å². The monoisotopic (exact) mass is 185 g/mol. The van der Waals surface area contributed by atoms with E-state index in [-0.39, 0.29) is 18.9 Å². The van der Waals surface area contributed by atoms with E-state index in [0.29, 0.717) is 0 Å². The predicted molar refractivity (Wildman–Crippen MR) is 59.9 cm³/mol. The molecular formula is C12H20LiN+2. The van der Waals surface area contributed by atoms with Crippen molar-refractivity contribution in [1.29, 1.82) is 0 Å². The number of nitrogens with zero attached hydrogens (tertiary/aromatic N) is 1. The summed E-state index contributed by atoms with van der Waals surface area (Å²) < 4.78 is 1.10. The van der Waals surface area contributed by atoms with Gasteiger partial charge in [-0.3, -0.25) is 4.48 Å². The fraction of sp³-hybridized carbons (Fsp3) is 0.500. The minimum atomic E-state index is 0. The third-order valence-corrected chi connectivity index (χ3v) is 3.12. The third kappa shape index (κ3) is 2.64. The molecule has 0 unspecified atom stereocenters. The standard InChI is InChI=1S/C12H20N.Li/c1-4-13(5-2,6-3)12-10-8-7-9-11-12;/h7-11H,4-6H2,1-3H3;/q2*+1. The average Bonchev–Trinajstić information content (AvgIpc) is 2.23. The third-order valence-electron chi connectivity index (χ3n) is 3.12. The van der Waals surface area contributed by atoms with E-state index in [2.05, 4.69) is 51.1 Å². The average molecular weight is 185 g/mol. The van der Waals surface area contributed by atoms with Gasteiger partial charge < -0.3 is 0 Å². The first kappa shape index (κ1) is 13.8. The second kappa shape index (κ2) is 6.30. The Balaban J connectivity index is 0.00000169. The molecule has 0 aliphatic carbocycles. The molecule has 1 aromatic rings. The Morgan fingerprint density at radius 1 is 0.857 bits per heavy atom. The molecule has 0 spiro atoms. The van der Waals surface area contributed by atoms with Crippen molar-refractivity contribution in [2.45, 2.75) is 20.8 Å². The number of benzene rings is 1. The molecule has 0 aliphatic rings. The SMILES string of the molecule is CC[N+](CC)(CC)c1ccccc1.[Li+]. The number of rotatable bonds is 4. The summed E-state index contributed by atoms with van der Waals surface area (Å²) >= 11 is 0. The molecule has 1 aromatic carbocycles. The summed E-state index contributed by atoms with van der Waals surface area (Å²) in [5.74, 6) is 0. The molecule has 14 heavy (non-hydrogen) atoms. The maximum atomic E-state index is 2.26. The first-order valence-electron chi connectivity index (χ1n) is 5.20. The predicted octanol–water partition coefficient (Wildman–Crippen LogP) is 0.0576. The van der Waals surface area contributed by atoms with Gasteiger partial charge in [-0.25, -0.2) is 0 Å². The van der Waals surface area contributed by atoms with Gasteiger partial charge in [-0.2, -0.15) is 0 Å². The molecule has 0 atom stereocenters. The quantitative estimate of drug-likeness (QED) is 0.459. The summed E-state index contributed by atoms with van der Waals surface area (Å²) in [5, 5.41) is 0. The molecule has 0 fully saturated rings. The molecule has 0 radical (unpaired) electrons. The Morgan fingerprint density at radius 2 is 1.29 bits per heavy atom. The molecule has 0 saturated carbocycles. The maximum absolute atomic E-state index is 2.26. The van der Waals surface area contributed by atoms with Crippen LogP contribution in [0.15, 0.2) is 30.3 Å². The van der Waals surface area contributed by atoms with Crippen molar-refractivity contribution in [2.24, 2.45) is 0 Å². The van der Waals surface area contributed by atoms with E-state index in [0.717, 1.165) is 4.48 Å². The minimum absolute atomic E-state index is 0. The van der Waals surface area contributed by atoms with E-state index in [9.17, 15) is 0 Å². The van der Waals surface area contributed by atoms with Gasteiger partial charge in [0.2, 0.25) is 0 Å². The van der Waals surface area contributed by atoms with Crippen molar-refractivity contribution in [3.05, 3.63) is 30.3 Å². The number of para-hydroxylation sites is 1. The Kier molecular flexibility index (Phi) is 6.20. The molecule has 2 heteroatoms. The maximum Gasteiger partial charge on any atom is 1.00 e. The number of hydrogen-bond donors (Lipinski definition) is 0. The summed E-state index contributed by atoms with van der Waals surface area (Å²) in [7, 11) is 0. The fourth-order valence-corrected chi connectivity index (χ4v) is 1.96. The molecule has 0 aromatic heterocycles. The summed E-state index contributed by atoms with van der Waals surface area (Å²) in [6, 6.07) is 10.8. The summed E-state index contributed by atoms with van der Waals surface area (Å²) in [4.78, 5) is 0. The van der Waals surface area contributed by atoms with E-state index in [1.165, 1.54) is 25.3 Å². The van der Waals surface area contributed by atoms with Gasteiger partial charge in [0.05, 0.1) is 19.6 Å². The van der Waals surface area contributed by atoms with Crippen molar-refractivity contribution < 1.29 is 18.9 Å². The van der Waals surface area contributed by atoms with Crippen molar-refractivity contribution >= 4 is 5.69 Å². The van der Waals surface area contributed by atoms with E-state index < -0.39 is 0 Å². The van der Waals surface area contributed by atoms with Gasteiger partial charge in [-0.1, -0.05) is 18.2 Å². The molecule has 0 aliphatic heterocycles. The van der Waals surface area contributed by atoms with Crippen LogP contribution in [0.2, 0.25) is 0 Å². The van der Waals surface area contributed by atoms with Gasteiger partial charge in [-0.15, -0.1) is 0 Å². The number of hydrogen-bond acceptors (Lipinski definition) is 0. The molecular weight excluding hydrogens is 165 g/mol. The second-order valence-electron chi connectivity index (χ2n) is 3.43. The Hall–Kier alpha value is -0.223. The first-order valence-corrected chi connectivity index (χ1v) is 5.20. The Labute approximate surface area is 99.9 Å². The van der Waals surface area contributed by atoms with Gasteiger partial charge in [0.15, 0.2) is 0 Å². The van der Waals surface area contributed by atoms with Gasteiger partial charge >= 0.3 is 18.9 Å². The molecule has 72 valence electrons. The topological polar surface area (TPSA) is 0 Å². The van der Waals surface area contributed by atoms with E-state index in [1.54, 1.807) is 0 Å². The van der Waals surface area contributed by atoms with Gasteiger partial charge in [0.1, 0.15) is 5.69 Å². The Morgan fingerprint density at radius 3 is 1.64 bits per heavy atom. The molecule has 0 amide bonds. The van der Waals surface area contributed by atoms with Crippen molar-refractivity contribution in [3.63, 3.8) is 0 Å². The zero-order valence-corrected chi connectivity index (χ0v) is 9.96. The molecule has 0 heterocycles. The second-order valence-corrected chi connectivity index (χ2v) is 3.43. The van der Waals surface area contributed by atoms with E-state index >= 15 is 0 Å². The van der Waals surface area contributed by atoms with Crippen LogP contribution < -0.4 is 23.3 Å². The normalized spacial score (nSPS) is 10.8. The molecule has 0 saturated heterocycles. The van der Waals surface area contributed by atoms with Gasteiger partial charge in [0.25, 0.3) is 0 Å². The van der Waals surface area contributed by atoms with Crippen LogP contribution >= 0.6 is 0 Å². The molecule has 1 rings (SSSR count). The fourth-order valence-electron chi connectivity index (χ4n) is 1.96. The largest absolute Gasteiger partial charge is 1.00 e.